The Hall–Kier alpha value is -3.00. The summed E-state index contributed by atoms with van der Waals surface area (Å²) in [7, 11) is 0. The number of carbonyl (C=O) groups is 1. The average molecular weight is 481 g/mol. The van der Waals surface area contributed by atoms with Crippen LogP contribution in [0.5, 0.6) is 0 Å². The van der Waals surface area contributed by atoms with Crippen LogP contribution in [0.3, 0.4) is 0 Å². The maximum Gasteiger partial charge on any atom is 0.411 e. The molecule has 9 heteroatoms. The maximum atomic E-state index is 12.9. The van der Waals surface area contributed by atoms with Gasteiger partial charge in [0.1, 0.15) is 11.9 Å². The smallest absolute Gasteiger partial charge is 0.411 e. The van der Waals surface area contributed by atoms with E-state index in [0.717, 1.165) is 48.2 Å². The first kappa shape index (κ1) is 22.8. The van der Waals surface area contributed by atoms with Crippen LogP contribution in [0.1, 0.15) is 75.0 Å². The summed E-state index contributed by atoms with van der Waals surface area (Å²) in [5, 5.41) is 8.31. The van der Waals surface area contributed by atoms with E-state index in [4.69, 9.17) is 16.3 Å². The first-order chi connectivity index (χ1) is 16.2. The molecule has 2 aliphatic rings. The lowest BCUT2D eigenvalue weighted by atomic mass is 9.76. The van der Waals surface area contributed by atoms with Gasteiger partial charge in [-0.1, -0.05) is 12.1 Å². The van der Waals surface area contributed by atoms with Gasteiger partial charge in [0.25, 0.3) is 0 Å². The Morgan fingerprint density at radius 1 is 1.18 bits per heavy atom. The van der Waals surface area contributed by atoms with Crippen molar-refractivity contribution in [3.05, 3.63) is 65.8 Å². The molecular weight excluding hydrogens is 452 g/mol. The highest BCUT2D eigenvalue weighted by Crippen LogP contribution is 2.48. The summed E-state index contributed by atoms with van der Waals surface area (Å²) in [4.78, 5) is 22.9. The largest absolute Gasteiger partial charge is 0.444 e. The van der Waals surface area contributed by atoms with Gasteiger partial charge in [-0.25, -0.2) is 4.79 Å². The van der Waals surface area contributed by atoms with Crippen molar-refractivity contribution in [1.29, 1.82) is 0 Å². The van der Waals surface area contributed by atoms with Crippen molar-refractivity contribution in [1.82, 2.24) is 29.6 Å². The number of nitrogens with zero attached hydrogens (tertiary/aromatic N) is 6. The minimum Gasteiger partial charge on any atom is -0.444 e. The van der Waals surface area contributed by atoms with Gasteiger partial charge in [-0.3, -0.25) is 19.4 Å². The van der Waals surface area contributed by atoms with Crippen LogP contribution in [0.15, 0.2) is 43.1 Å². The molecule has 0 saturated heterocycles. The van der Waals surface area contributed by atoms with Gasteiger partial charge in [0.05, 0.1) is 29.3 Å². The Labute approximate surface area is 204 Å². The number of aromatic nitrogens is 5. The van der Waals surface area contributed by atoms with Crippen LogP contribution in [0.2, 0.25) is 0 Å². The lowest BCUT2D eigenvalue weighted by Gasteiger charge is -2.36. The Morgan fingerprint density at radius 3 is 2.68 bits per heavy atom. The Balaban J connectivity index is 1.42. The molecule has 3 heterocycles. The Kier molecular flexibility index (Phi) is 5.80. The van der Waals surface area contributed by atoms with E-state index >= 15 is 0 Å². The normalized spacial score (nSPS) is 22.5. The predicted molar refractivity (Wildman–Crippen MR) is 128 cm³/mol. The number of hydrogen-bond acceptors (Lipinski definition) is 6. The lowest BCUT2D eigenvalue weighted by molar-refractivity contribution is 0.0214. The number of hydrogen-bond donors (Lipinski definition) is 0. The molecule has 0 radical (unpaired) electrons. The van der Waals surface area contributed by atoms with E-state index < -0.39 is 10.5 Å². The lowest BCUT2D eigenvalue weighted by Crippen LogP contribution is -2.36. The van der Waals surface area contributed by atoms with E-state index in [9.17, 15) is 4.79 Å². The summed E-state index contributed by atoms with van der Waals surface area (Å²) in [5.74, 6) is 1.08. The van der Waals surface area contributed by atoms with Crippen molar-refractivity contribution in [2.24, 2.45) is 0 Å². The van der Waals surface area contributed by atoms with Crippen molar-refractivity contribution < 1.29 is 9.53 Å². The molecule has 178 valence electrons. The number of halogens is 1. The van der Waals surface area contributed by atoms with Gasteiger partial charge in [-0.15, -0.1) is 21.8 Å². The number of carbonyl (C=O) groups excluding carboxylic acids is 1. The van der Waals surface area contributed by atoms with E-state index in [1.165, 1.54) is 0 Å². The molecule has 1 aromatic carbocycles. The quantitative estimate of drug-likeness (QED) is 0.474. The maximum absolute atomic E-state index is 12.9. The molecule has 2 aromatic heterocycles. The molecule has 1 aliphatic carbocycles. The van der Waals surface area contributed by atoms with Gasteiger partial charge in [0, 0.05) is 24.5 Å². The van der Waals surface area contributed by atoms with Crippen LogP contribution in [-0.2, 0) is 22.7 Å². The molecule has 0 spiro atoms. The Morgan fingerprint density at radius 2 is 1.97 bits per heavy atom. The Bertz CT molecular complexity index is 1180. The molecule has 0 atom stereocenters. The molecule has 0 unspecified atom stereocenters. The molecule has 0 bridgehead atoms. The van der Waals surface area contributed by atoms with Crippen molar-refractivity contribution in [3.63, 3.8) is 0 Å². The van der Waals surface area contributed by atoms with E-state index in [-0.39, 0.29) is 6.09 Å². The fourth-order valence-corrected chi connectivity index (χ4v) is 5.20. The number of alkyl halides is 1. The summed E-state index contributed by atoms with van der Waals surface area (Å²) in [5.41, 5.74) is 3.49. The molecule has 1 saturated carbocycles. The zero-order chi connectivity index (χ0) is 23.9. The summed E-state index contributed by atoms with van der Waals surface area (Å²) >= 11 is 7.23. The number of amides is 1. The van der Waals surface area contributed by atoms with Crippen molar-refractivity contribution in [2.45, 2.75) is 75.9 Å². The second-order valence-corrected chi connectivity index (χ2v) is 10.9. The highest BCUT2D eigenvalue weighted by atomic mass is 35.5. The van der Waals surface area contributed by atoms with Crippen molar-refractivity contribution in [2.75, 3.05) is 0 Å². The van der Waals surface area contributed by atoms with Gasteiger partial charge >= 0.3 is 6.09 Å². The molecular formula is C25H29ClN6O2. The number of ether oxygens (including phenoxy) is 1. The molecule has 1 fully saturated rings. The molecule has 8 nitrogen and oxygen atoms in total. The summed E-state index contributed by atoms with van der Waals surface area (Å²) in [6, 6.07) is 6.30. The number of benzene rings is 1. The van der Waals surface area contributed by atoms with E-state index in [2.05, 4.69) is 38.4 Å². The fourth-order valence-electron chi connectivity index (χ4n) is 4.86. The SMILES string of the molecule is CC(C)(C)OC(=O)N1Cc2cc(C3(Cl)CCC(c4cnccn4)CC3)ccc2-n2cnnc2C1. The predicted octanol–water partition coefficient (Wildman–Crippen LogP) is 5.10. The third-order valence-corrected chi connectivity index (χ3v) is 7.20. The van der Waals surface area contributed by atoms with Crippen LogP contribution < -0.4 is 0 Å². The van der Waals surface area contributed by atoms with Gasteiger partial charge < -0.3 is 4.74 Å². The van der Waals surface area contributed by atoms with Gasteiger partial charge in [-0.2, -0.15) is 0 Å². The topological polar surface area (TPSA) is 86.0 Å². The average Bonchev–Trinajstić information content (AvgIpc) is 3.20. The van der Waals surface area contributed by atoms with E-state index in [1.807, 2.05) is 31.5 Å². The van der Waals surface area contributed by atoms with Crippen LogP contribution >= 0.6 is 11.6 Å². The fraction of sp³-hybridized carbons (Fsp3) is 0.480. The van der Waals surface area contributed by atoms with Crippen LogP contribution in [0, 0.1) is 0 Å². The third-order valence-electron chi connectivity index (χ3n) is 6.60. The van der Waals surface area contributed by atoms with E-state index in [0.29, 0.717) is 24.8 Å². The number of fused-ring (bicyclic) bond motifs is 3. The zero-order valence-corrected chi connectivity index (χ0v) is 20.5. The summed E-state index contributed by atoms with van der Waals surface area (Å²) in [6.07, 6.45) is 10.2. The van der Waals surface area contributed by atoms with Crippen LogP contribution in [0.4, 0.5) is 4.79 Å². The molecule has 3 aromatic rings. The highest BCUT2D eigenvalue weighted by Gasteiger charge is 2.37. The number of rotatable bonds is 2. The van der Waals surface area contributed by atoms with E-state index in [1.54, 1.807) is 23.6 Å². The van der Waals surface area contributed by atoms with Crippen LogP contribution in [0.25, 0.3) is 5.69 Å². The van der Waals surface area contributed by atoms with Gasteiger partial charge in [-0.05, 0) is 63.6 Å². The standard InChI is InChI=1S/C25H29ClN6O2/c1-24(2,3)34-23(33)31-14-18-12-19(4-5-21(18)32-16-29-30-22(32)15-31)25(26)8-6-17(7-9-25)20-13-27-10-11-28-20/h4-5,10-13,16-17H,6-9,14-15H2,1-3H3. The summed E-state index contributed by atoms with van der Waals surface area (Å²) < 4.78 is 7.59. The van der Waals surface area contributed by atoms with Gasteiger partial charge in [0.2, 0.25) is 0 Å². The minimum absolute atomic E-state index is 0.324. The van der Waals surface area contributed by atoms with Gasteiger partial charge in [0.15, 0.2) is 5.82 Å². The second-order valence-electron chi connectivity index (χ2n) is 10.2. The van der Waals surface area contributed by atoms with Crippen LogP contribution in [-0.4, -0.2) is 41.3 Å². The first-order valence-corrected chi connectivity index (χ1v) is 12.1. The molecule has 1 aliphatic heterocycles. The molecule has 34 heavy (non-hydrogen) atoms. The molecule has 1 amide bonds. The third kappa shape index (κ3) is 4.51. The molecule has 5 rings (SSSR count). The van der Waals surface area contributed by atoms with Crippen molar-refractivity contribution in [3.8, 4) is 5.69 Å². The monoisotopic (exact) mass is 480 g/mol. The summed E-state index contributed by atoms with van der Waals surface area (Å²) in [6.45, 7) is 6.34. The zero-order valence-electron chi connectivity index (χ0n) is 19.7. The minimum atomic E-state index is -0.580. The molecule has 0 N–H and O–H groups in total. The second kappa shape index (κ2) is 8.65. The highest BCUT2D eigenvalue weighted by molar-refractivity contribution is 6.24. The first-order valence-electron chi connectivity index (χ1n) is 11.7. The van der Waals surface area contributed by atoms with Crippen molar-refractivity contribution >= 4 is 17.7 Å².